The van der Waals surface area contributed by atoms with Gasteiger partial charge in [-0.25, -0.2) is 0 Å². The normalized spacial score (nSPS) is 20.6. The average molecular weight is 819 g/mol. The smallest absolute Gasteiger partial charge is 0.264 e. The van der Waals surface area contributed by atoms with Crippen molar-refractivity contribution in [2.24, 2.45) is 5.92 Å². The SMILES string of the molecule is CCOc1ccc2c(c1)CC(NCCCCO)C(=O)N2c1ccc2c(c1)[C@](O)([C@@H](C)/C=C/CC(=O)N1Cc3ccccc3C[C@H]1CO)C(=O)N2C/C=C(\C)CCC=C(C)C. The molecule has 4 N–H and O–H groups in total. The third-order valence-electron chi connectivity index (χ3n) is 12.0. The van der Waals surface area contributed by atoms with Crippen LogP contribution in [-0.4, -0.2) is 82.9 Å². The van der Waals surface area contributed by atoms with E-state index in [1.165, 1.54) is 5.57 Å². The lowest BCUT2D eigenvalue weighted by Crippen LogP contribution is -2.49. The number of benzene rings is 3. The summed E-state index contributed by atoms with van der Waals surface area (Å²) < 4.78 is 5.83. The number of nitrogens with zero attached hydrogens (tertiary/aromatic N) is 3. The van der Waals surface area contributed by atoms with E-state index in [2.05, 4.69) is 25.2 Å². The zero-order chi connectivity index (χ0) is 43.0. The molecule has 3 aliphatic heterocycles. The zero-order valence-electron chi connectivity index (χ0n) is 35.8. The molecule has 3 aromatic rings. The summed E-state index contributed by atoms with van der Waals surface area (Å²) in [5.74, 6) is -0.842. The minimum Gasteiger partial charge on any atom is -0.494 e. The number of anilines is 3. The van der Waals surface area contributed by atoms with Crippen LogP contribution in [0.1, 0.15) is 89.0 Å². The summed E-state index contributed by atoms with van der Waals surface area (Å²) in [4.78, 5) is 47.7. The Labute approximate surface area is 355 Å². The summed E-state index contributed by atoms with van der Waals surface area (Å²) in [6.45, 7) is 11.5. The number of allylic oxidation sites excluding steroid dienone is 3. The number of ether oxygens (including phenoxy) is 1. The van der Waals surface area contributed by atoms with Crippen LogP contribution in [0.3, 0.4) is 0 Å². The van der Waals surface area contributed by atoms with Gasteiger partial charge >= 0.3 is 0 Å². The van der Waals surface area contributed by atoms with Crippen LogP contribution in [-0.2, 0) is 39.4 Å². The van der Waals surface area contributed by atoms with Crippen molar-refractivity contribution in [2.45, 2.75) is 104 Å². The van der Waals surface area contributed by atoms with Crippen molar-refractivity contribution in [3.63, 3.8) is 0 Å². The summed E-state index contributed by atoms with van der Waals surface area (Å²) in [6.07, 6.45) is 11.8. The molecule has 11 nitrogen and oxygen atoms in total. The number of fused-ring (bicyclic) bond motifs is 3. The third kappa shape index (κ3) is 9.60. The minimum absolute atomic E-state index is 0.0347. The fraction of sp³-hybridized carbons (Fsp3) is 0.449. The molecular formula is C49H62N4O7. The van der Waals surface area contributed by atoms with E-state index < -0.39 is 23.5 Å². The average Bonchev–Trinajstić information content (AvgIpc) is 3.45. The number of hydrogen-bond donors (Lipinski definition) is 4. The van der Waals surface area contributed by atoms with Gasteiger partial charge in [0.25, 0.3) is 5.91 Å². The number of hydrogen-bond acceptors (Lipinski definition) is 8. The topological polar surface area (TPSA) is 143 Å². The van der Waals surface area contributed by atoms with Crippen molar-refractivity contribution >= 4 is 34.8 Å². The van der Waals surface area contributed by atoms with Crippen LogP contribution in [0.25, 0.3) is 0 Å². The number of aliphatic hydroxyl groups is 3. The van der Waals surface area contributed by atoms with Gasteiger partial charge in [-0.2, -0.15) is 0 Å². The molecule has 320 valence electrons. The van der Waals surface area contributed by atoms with Crippen LogP contribution in [0, 0.1) is 5.92 Å². The van der Waals surface area contributed by atoms with E-state index >= 15 is 0 Å². The number of amides is 3. The van der Waals surface area contributed by atoms with Crippen LogP contribution in [0.15, 0.2) is 96.1 Å². The van der Waals surface area contributed by atoms with Gasteiger partial charge in [-0.1, -0.05) is 66.6 Å². The Balaban J connectivity index is 1.33. The molecule has 4 atom stereocenters. The molecule has 6 rings (SSSR count). The number of carbonyl (C=O) groups excluding carboxylic acids is 3. The number of unbranched alkanes of at least 4 members (excludes halogenated alkanes) is 1. The van der Waals surface area contributed by atoms with Gasteiger partial charge in [0.1, 0.15) is 5.75 Å². The molecule has 11 heteroatoms. The molecule has 0 saturated heterocycles. The van der Waals surface area contributed by atoms with Crippen molar-refractivity contribution < 1.29 is 34.4 Å². The quantitative estimate of drug-likeness (QED) is 0.0813. The van der Waals surface area contributed by atoms with Gasteiger partial charge < -0.3 is 35.2 Å². The summed E-state index contributed by atoms with van der Waals surface area (Å²) in [5.41, 5.74) is 5.63. The molecule has 3 aliphatic rings. The van der Waals surface area contributed by atoms with Crippen LogP contribution in [0.4, 0.5) is 17.1 Å². The van der Waals surface area contributed by atoms with Gasteiger partial charge in [0.05, 0.1) is 36.7 Å². The number of nitrogens with one attached hydrogen (secondary N) is 1. The lowest BCUT2D eigenvalue weighted by molar-refractivity contribution is -0.139. The second kappa shape index (κ2) is 20.0. The van der Waals surface area contributed by atoms with Crippen LogP contribution < -0.4 is 19.9 Å². The Bertz CT molecular complexity index is 2120. The predicted molar refractivity (Wildman–Crippen MR) is 236 cm³/mol. The molecule has 0 spiro atoms. The number of carbonyl (C=O) groups is 3. The molecule has 0 fully saturated rings. The van der Waals surface area contributed by atoms with Gasteiger partial charge in [-0.05, 0) is 126 Å². The Kier molecular flexibility index (Phi) is 14.8. The second-order valence-corrected chi connectivity index (χ2v) is 16.5. The van der Waals surface area contributed by atoms with Crippen LogP contribution in [0.2, 0.25) is 0 Å². The molecule has 60 heavy (non-hydrogen) atoms. The van der Waals surface area contributed by atoms with Crippen LogP contribution >= 0.6 is 0 Å². The van der Waals surface area contributed by atoms with Gasteiger partial charge in [0.2, 0.25) is 11.8 Å². The highest BCUT2D eigenvalue weighted by Crippen LogP contribution is 2.48. The standard InChI is InChI=1S/C49H62N4O7/c1-6-60-41-20-22-44-38(28-41)29-43(50-24-9-10-26-54)47(57)53(44)39-19-21-45-42(30-39)49(59,48(58)51(45)25-23-34(4)14-11-13-33(2)3)35(5)15-12-18-46(56)52-31-37-17-8-7-16-36(37)27-40(52)32-55/h7-8,12-13,15-17,19-23,28,30,35,40,43,50,54-55,59H,6,9-11,14,18,24-27,29,31-32H2,1-5H3/b15-12+,34-23+/t35-,40-,43?,49+/m0/s1. The van der Waals surface area contributed by atoms with Gasteiger partial charge in [0, 0.05) is 43.3 Å². The van der Waals surface area contributed by atoms with E-state index in [0.717, 1.165) is 35.1 Å². The van der Waals surface area contributed by atoms with E-state index in [4.69, 9.17) is 4.74 Å². The molecular weight excluding hydrogens is 757 g/mol. The molecule has 1 unspecified atom stereocenters. The molecule has 3 amide bonds. The fourth-order valence-electron chi connectivity index (χ4n) is 8.59. The van der Waals surface area contributed by atoms with Gasteiger partial charge in [0.15, 0.2) is 5.60 Å². The summed E-state index contributed by atoms with van der Waals surface area (Å²) in [5, 5.41) is 35.7. The highest BCUT2D eigenvalue weighted by atomic mass is 16.5. The molecule has 0 radical (unpaired) electrons. The van der Waals surface area contributed by atoms with Crippen LogP contribution in [0.5, 0.6) is 5.75 Å². The Morgan fingerprint density at radius 2 is 1.73 bits per heavy atom. The first-order valence-electron chi connectivity index (χ1n) is 21.5. The maximum Gasteiger partial charge on any atom is 0.264 e. The molecule has 0 aromatic heterocycles. The summed E-state index contributed by atoms with van der Waals surface area (Å²) in [7, 11) is 0. The highest BCUT2D eigenvalue weighted by molar-refractivity contribution is 6.10. The maximum atomic E-state index is 14.6. The van der Waals surface area contributed by atoms with Crippen molar-refractivity contribution in [2.75, 3.05) is 42.7 Å². The van der Waals surface area contributed by atoms with E-state index in [-0.39, 0.29) is 44.0 Å². The first kappa shape index (κ1) is 44.5. The molecule has 0 bridgehead atoms. The summed E-state index contributed by atoms with van der Waals surface area (Å²) in [6, 6.07) is 18.2. The Morgan fingerprint density at radius 1 is 0.967 bits per heavy atom. The van der Waals surface area contributed by atoms with E-state index in [9.17, 15) is 29.7 Å². The predicted octanol–water partition coefficient (Wildman–Crippen LogP) is 6.79. The van der Waals surface area contributed by atoms with Crippen molar-refractivity contribution in [1.29, 1.82) is 0 Å². The minimum atomic E-state index is -2.01. The highest BCUT2D eigenvalue weighted by Gasteiger charge is 2.53. The van der Waals surface area contributed by atoms with Crippen molar-refractivity contribution in [3.8, 4) is 5.75 Å². The summed E-state index contributed by atoms with van der Waals surface area (Å²) >= 11 is 0. The largest absolute Gasteiger partial charge is 0.494 e. The maximum absolute atomic E-state index is 14.6. The molecule has 3 heterocycles. The third-order valence-corrected chi connectivity index (χ3v) is 12.0. The lowest BCUT2D eigenvalue weighted by atomic mass is 9.82. The number of aliphatic hydroxyl groups excluding tert-OH is 2. The van der Waals surface area contributed by atoms with Crippen molar-refractivity contribution in [3.05, 3.63) is 118 Å². The Hall–Kier alpha value is -5.07. The van der Waals surface area contributed by atoms with E-state index in [1.807, 2.05) is 74.5 Å². The lowest BCUT2D eigenvalue weighted by Gasteiger charge is -2.36. The Morgan fingerprint density at radius 3 is 2.47 bits per heavy atom. The first-order chi connectivity index (χ1) is 28.9. The molecule has 3 aromatic carbocycles. The van der Waals surface area contributed by atoms with Crippen molar-refractivity contribution in [1.82, 2.24) is 10.2 Å². The molecule has 0 aliphatic carbocycles. The van der Waals surface area contributed by atoms with Gasteiger partial charge in [-0.15, -0.1) is 0 Å². The molecule has 0 saturated carbocycles. The number of rotatable bonds is 18. The van der Waals surface area contributed by atoms with E-state index in [1.54, 1.807) is 39.8 Å². The van der Waals surface area contributed by atoms with E-state index in [0.29, 0.717) is 73.8 Å². The zero-order valence-corrected chi connectivity index (χ0v) is 35.8. The fourth-order valence-corrected chi connectivity index (χ4v) is 8.59. The second-order valence-electron chi connectivity index (χ2n) is 16.5. The monoisotopic (exact) mass is 818 g/mol. The van der Waals surface area contributed by atoms with Gasteiger partial charge in [-0.3, -0.25) is 19.3 Å². The first-order valence-corrected chi connectivity index (χ1v) is 21.5.